The molecule has 1 N–H and O–H groups in total. The van der Waals surface area contributed by atoms with E-state index in [1.54, 1.807) is 30.3 Å². The molecule has 2 heterocycles. The molecule has 0 bridgehead atoms. The first-order valence-electron chi connectivity index (χ1n) is 7.21. The lowest BCUT2D eigenvalue weighted by Crippen LogP contribution is -2.15. The zero-order valence-electron chi connectivity index (χ0n) is 12.3. The number of tetrazole rings is 1. The Balaban J connectivity index is 1.66. The summed E-state index contributed by atoms with van der Waals surface area (Å²) < 4.78 is 13.3. The zero-order chi connectivity index (χ0) is 16.5. The molecule has 0 aliphatic rings. The summed E-state index contributed by atoms with van der Waals surface area (Å²) in [5, 5.41) is 12.5. The molecule has 0 saturated heterocycles. The highest BCUT2D eigenvalue weighted by Gasteiger charge is 2.09. The lowest BCUT2D eigenvalue weighted by atomic mass is 10.2. The van der Waals surface area contributed by atoms with Crippen molar-refractivity contribution >= 4 is 10.9 Å². The van der Waals surface area contributed by atoms with E-state index in [1.807, 2.05) is 6.07 Å². The standard InChI is InChI=1S/C16H11FN6O/c17-11-5-3-4-10(8-11)15-20-22-23(21-15)9-14-18-13-7-2-1-6-12(13)16(24)19-14/h1-8H,9H2,(H,18,19,24). The van der Waals surface area contributed by atoms with Crippen LogP contribution in [-0.2, 0) is 6.54 Å². The van der Waals surface area contributed by atoms with Crippen LogP contribution in [0.1, 0.15) is 5.82 Å². The monoisotopic (exact) mass is 322 g/mol. The Labute approximate surface area is 134 Å². The van der Waals surface area contributed by atoms with Crippen molar-refractivity contribution in [2.75, 3.05) is 0 Å². The van der Waals surface area contributed by atoms with E-state index in [-0.39, 0.29) is 17.9 Å². The Morgan fingerprint density at radius 1 is 1.12 bits per heavy atom. The highest BCUT2D eigenvalue weighted by molar-refractivity contribution is 5.77. The van der Waals surface area contributed by atoms with Crippen LogP contribution in [0.5, 0.6) is 0 Å². The van der Waals surface area contributed by atoms with Crippen LogP contribution in [0, 0.1) is 5.82 Å². The number of aromatic nitrogens is 6. The van der Waals surface area contributed by atoms with Gasteiger partial charge in [0.1, 0.15) is 18.2 Å². The number of hydrogen-bond donors (Lipinski definition) is 1. The van der Waals surface area contributed by atoms with Gasteiger partial charge in [-0.2, -0.15) is 4.80 Å². The lowest BCUT2D eigenvalue weighted by molar-refractivity contribution is 0.555. The second kappa shape index (κ2) is 5.65. The fourth-order valence-electron chi connectivity index (χ4n) is 2.40. The number of H-pyrrole nitrogens is 1. The first-order valence-corrected chi connectivity index (χ1v) is 7.21. The molecule has 0 saturated carbocycles. The molecule has 4 aromatic rings. The van der Waals surface area contributed by atoms with Gasteiger partial charge in [0.25, 0.3) is 5.56 Å². The minimum atomic E-state index is -0.371. The van der Waals surface area contributed by atoms with Crippen molar-refractivity contribution in [2.45, 2.75) is 6.54 Å². The second-order valence-corrected chi connectivity index (χ2v) is 5.18. The van der Waals surface area contributed by atoms with Crippen LogP contribution in [0.25, 0.3) is 22.3 Å². The molecule has 24 heavy (non-hydrogen) atoms. The first-order chi connectivity index (χ1) is 11.7. The van der Waals surface area contributed by atoms with Gasteiger partial charge >= 0.3 is 0 Å². The quantitative estimate of drug-likeness (QED) is 0.621. The summed E-state index contributed by atoms with van der Waals surface area (Å²) in [7, 11) is 0. The summed E-state index contributed by atoms with van der Waals surface area (Å²) in [4.78, 5) is 20.4. The van der Waals surface area contributed by atoms with Crippen LogP contribution in [0.2, 0.25) is 0 Å². The van der Waals surface area contributed by atoms with E-state index in [4.69, 9.17) is 0 Å². The smallest absolute Gasteiger partial charge is 0.258 e. The number of benzene rings is 2. The van der Waals surface area contributed by atoms with Crippen LogP contribution in [0.4, 0.5) is 4.39 Å². The van der Waals surface area contributed by atoms with Gasteiger partial charge < -0.3 is 4.98 Å². The molecule has 0 aliphatic heterocycles. The van der Waals surface area contributed by atoms with E-state index < -0.39 is 0 Å². The van der Waals surface area contributed by atoms with Gasteiger partial charge in [0.15, 0.2) is 0 Å². The Hall–Kier alpha value is -3.42. The third kappa shape index (κ3) is 2.65. The molecule has 4 rings (SSSR count). The van der Waals surface area contributed by atoms with Crippen LogP contribution < -0.4 is 5.56 Å². The number of aromatic amines is 1. The zero-order valence-corrected chi connectivity index (χ0v) is 12.3. The molecular weight excluding hydrogens is 311 g/mol. The van der Waals surface area contributed by atoms with Gasteiger partial charge in [-0.3, -0.25) is 4.79 Å². The van der Waals surface area contributed by atoms with Gasteiger partial charge in [0.05, 0.1) is 10.9 Å². The van der Waals surface area contributed by atoms with Gasteiger partial charge in [0.2, 0.25) is 5.82 Å². The highest BCUT2D eigenvalue weighted by atomic mass is 19.1. The summed E-state index contributed by atoms with van der Waals surface area (Å²) in [6.45, 7) is 0.155. The van der Waals surface area contributed by atoms with Gasteiger partial charge in [-0.05, 0) is 29.5 Å². The molecule has 2 aromatic carbocycles. The third-order valence-electron chi connectivity index (χ3n) is 3.49. The summed E-state index contributed by atoms with van der Waals surface area (Å²) in [6, 6.07) is 13.0. The Morgan fingerprint density at radius 2 is 2.00 bits per heavy atom. The van der Waals surface area contributed by atoms with E-state index in [1.165, 1.54) is 16.9 Å². The molecule has 8 heteroatoms. The van der Waals surface area contributed by atoms with Gasteiger partial charge in [-0.25, -0.2) is 9.37 Å². The van der Waals surface area contributed by atoms with Crippen LogP contribution in [0.3, 0.4) is 0 Å². The normalized spacial score (nSPS) is 11.0. The minimum Gasteiger partial charge on any atom is -0.308 e. The molecule has 0 radical (unpaired) electrons. The number of halogens is 1. The molecule has 118 valence electrons. The number of hydrogen-bond acceptors (Lipinski definition) is 5. The average molecular weight is 322 g/mol. The van der Waals surface area contributed by atoms with Crippen molar-refractivity contribution in [2.24, 2.45) is 0 Å². The predicted molar refractivity (Wildman–Crippen MR) is 84.7 cm³/mol. The van der Waals surface area contributed by atoms with Crippen molar-refractivity contribution in [3.05, 3.63) is 70.5 Å². The molecule has 7 nitrogen and oxygen atoms in total. The molecule has 0 amide bonds. The molecule has 0 spiro atoms. The second-order valence-electron chi connectivity index (χ2n) is 5.18. The predicted octanol–water partition coefficient (Wildman–Crippen LogP) is 1.76. The minimum absolute atomic E-state index is 0.155. The largest absolute Gasteiger partial charge is 0.308 e. The molecule has 2 aromatic heterocycles. The molecular formula is C16H11FN6O. The van der Waals surface area contributed by atoms with Crippen molar-refractivity contribution in [1.29, 1.82) is 0 Å². The van der Waals surface area contributed by atoms with Crippen molar-refractivity contribution in [3.63, 3.8) is 0 Å². The van der Waals surface area contributed by atoms with E-state index in [9.17, 15) is 9.18 Å². The van der Waals surface area contributed by atoms with Crippen molar-refractivity contribution in [1.82, 2.24) is 30.2 Å². The topological polar surface area (TPSA) is 89.4 Å². The van der Waals surface area contributed by atoms with Crippen molar-refractivity contribution < 1.29 is 4.39 Å². The Bertz CT molecular complexity index is 1090. The summed E-state index contributed by atoms with van der Waals surface area (Å²) in [5.41, 5.74) is 0.906. The van der Waals surface area contributed by atoms with Crippen molar-refractivity contribution in [3.8, 4) is 11.4 Å². The SMILES string of the molecule is O=c1[nH]c(Cn2nnc(-c3cccc(F)c3)n2)nc2ccccc12. The Kier molecular flexibility index (Phi) is 3.34. The summed E-state index contributed by atoms with van der Waals surface area (Å²) >= 11 is 0. The number of para-hydroxylation sites is 1. The van der Waals surface area contributed by atoms with E-state index >= 15 is 0 Å². The van der Waals surface area contributed by atoms with Gasteiger partial charge in [-0.1, -0.05) is 24.3 Å². The maximum absolute atomic E-state index is 13.3. The van der Waals surface area contributed by atoms with E-state index in [0.29, 0.717) is 28.1 Å². The summed E-state index contributed by atoms with van der Waals surface area (Å²) in [6.07, 6.45) is 0. The highest BCUT2D eigenvalue weighted by Crippen LogP contribution is 2.14. The fourth-order valence-corrected chi connectivity index (χ4v) is 2.40. The number of fused-ring (bicyclic) bond motifs is 1. The Morgan fingerprint density at radius 3 is 2.88 bits per heavy atom. The number of rotatable bonds is 3. The van der Waals surface area contributed by atoms with Gasteiger partial charge in [0, 0.05) is 5.56 Å². The van der Waals surface area contributed by atoms with Gasteiger partial charge in [-0.15, -0.1) is 10.2 Å². The lowest BCUT2D eigenvalue weighted by Gasteiger charge is -2.01. The number of nitrogens with one attached hydrogen (secondary N) is 1. The van der Waals surface area contributed by atoms with E-state index in [0.717, 1.165) is 0 Å². The summed E-state index contributed by atoms with van der Waals surface area (Å²) in [5.74, 6) is 0.351. The molecule has 0 aliphatic carbocycles. The fraction of sp³-hybridized carbons (Fsp3) is 0.0625. The maximum atomic E-state index is 13.3. The molecule has 0 fully saturated rings. The molecule has 0 unspecified atom stereocenters. The third-order valence-corrected chi connectivity index (χ3v) is 3.49. The van der Waals surface area contributed by atoms with Crippen LogP contribution in [0.15, 0.2) is 53.3 Å². The van der Waals surface area contributed by atoms with Crippen LogP contribution in [-0.4, -0.2) is 30.2 Å². The van der Waals surface area contributed by atoms with E-state index in [2.05, 4.69) is 25.4 Å². The molecule has 0 atom stereocenters. The first kappa shape index (κ1) is 14.2. The number of nitrogens with zero attached hydrogens (tertiary/aromatic N) is 5. The maximum Gasteiger partial charge on any atom is 0.258 e. The van der Waals surface area contributed by atoms with Crippen LogP contribution >= 0.6 is 0 Å². The average Bonchev–Trinajstić information content (AvgIpc) is 3.03.